The molecule has 0 saturated heterocycles. The third kappa shape index (κ3) is 4.10. The van der Waals surface area contributed by atoms with E-state index in [0.29, 0.717) is 0 Å². The van der Waals surface area contributed by atoms with E-state index < -0.39 is 36.0 Å². The fourth-order valence-corrected chi connectivity index (χ4v) is 3.28. The fraction of sp³-hybridized carbons (Fsp3) is 0.211. The molecule has 0 radical (unpaired) electrons. The molecule has 0 spiro atoms. The first-order chi connectivity index (χ1) is 14.3. The normalized spacial score (nSPS) is 12.1. The number of aromatic nitrogens is 3. The Bertz CT molecular complexity index is 1190. The van der Waals surface area contributed by atoms with Crippen LogP contribution in [-0.2, 0) is 7.05 Å². The van der Waals surface area contributed by atoms with Gasteiger partial charge in [0.2, 0.25) is 0 Å². The molecule has 2 aromatic carbocycles. The Morgan fingerprint density at radius 2 is 2.10 bits per heavy atom. The summed E-state index contributed by atoms with van der Waals surface area (Å²) in [6, 6.07) is 7.79. The monoisotopic (exact) mass is 482 g/mol. The van der Waals surface area contributed by atoms with Gasteiger partial charge >= 0.3 is 5.69 Å². The molecule has 1 aromatic heterocycles. The van der Waals surface area contributed by atoms with Gasteiger partial charge in [0.15, 0.2) is 11.6 Å². The number of ether oxygens (including phenoxy) is 1. The molecule has 7 nitrogen and oxygen atoms in total. The van der Waals surface area contributed by atoms with Crippen LogP contribution in [0.2, 0.25) is 0 Å². The zero-order valence-corrected chi connectivity index (χ0v) is 17.0. The second kappa shape index (κ2) is 8.73. The number of nitriles is 1. The van der Waals surface area contributed by atoms with Crippen molar-refractivity contribution in [2.24, 2.45) is 7.05 Å². The lowest BCUT2D eigenvalue weighted by Gasteiger charge is -2.18. The van der Waals surface area contributed by atoms with Crippen molar-refractivity contribution in [1.29, 1.82) is 5.26 Å². The lowest BCUT2D eigenvalue weighted by Crippen LogP contribution is -2.19. The van der Waals surface area contributed by atoms with Crippen molar-refractivity contribution in [3.63, 3.8) is 0 Å². The summed E-state index contributed by atoms with van der Waals surface area (Å²) >= 11 is 3.15. The molecule has 156 valence electrons. The highest BCUT2D eigenvalue weighted by molar-refractivity contribution is 9.10. The second-order valence-corrected chi connectivity index (χ2v) is 7.12. The van der Waals surface area contributed by atoms with Crippen molar-refractivity contribution in [3.05, 3.63) is 73.6 Å². The van der Waals surface area contributed by atoms with Gasteiger partial charge in [-0.1, -0.05) is 6.07 Å². The highest BCUT2D eigenvalue weighted by Gasteiger charge is 2.26. The van der Waals surface area contributed by atoms with E-state index >= 15 is 4.39 Å². The Morgan fingerprint density at radius 3 is 2.67 bits per heavy atom. The second-order valence-electron chi connectivity index (χ2n) is 6.27. The van der Waals surface area contributed by atoms with Crippen LogP contribution in [0.4, 0.5) is 13.2 Å². The number of rotatable bonds is 6. The van der Waals surface area contributed by atoms with Crippen molar-refractivity contribution >= 4 is 15.9 Å². The lowest BCUT2D eigenvalue weighted by molar-refractivity contribution is 0.151. The molecular formula is C19H14BrF3N4O3. The van der Waals surface area contributed by atoms with E-state index in [-0.39, 0.29) is 32.9 Å². The summed E-state index contributed by atoms with van der Waals surface area (Å²) in [4.78, 5) is 11.6. The minimum absolute atomic E-state index is 0.0247. The highest BCUT2D eigenvalue weighted by Crippen LogP contribution is 2.38. The van der Waals surface area contributed by atoms with E-state index in [4.69, 9.17) is 10.00 Å². The van der Waals surface area contributed by atoms with Crippen molar-refractivity contribution in [3.8, 4) is 17.6 Å². The maximum Gasteiger partial charge on any atom is 0.343 e. The summed E-state index contributed by atoms with van der Waals surface area (Å²) in [5.41, 5.74) is -1.08. The summed E-state index contributed by atoms with van der Waals surface area (Å²) in [6.07, 6.45) is -2.85. The smallest absolute Gasteiger partial charge is 0.343 e. The van der Waals surface area contributed by atoms with Crippen LogP contribution < -0.4 is 10.4 Å². The van der Waals surface area contributed by atoms with Crippen molar-refractivity contribution in [2.45, 2.75) is 12.3 Å². The first-order valence-electron chi connectivity index (χ1n) is 8.48. The molecular weight excluding hydrogens is 469 g/mol. The van der Waals surface area contributed by atoms with Gasteiger partial charge in [0, 0.05) is 18.2 Å². The molecule has 0 aliphatic heterocycles. The van der Waals surface area contributed by atoms with Crippen LogP contribution in [0, 0.1) is 17.1 Å². The van der Waals surface area contributed by atoms with E-state index in [0.717, 1.165) is 16.7 Å². The minimum Gasteiger partial charge on any atom is -0.453 e. The molecule has 0 amide bonds. The molecule has 1 unspecified atom stereocenters. The fourth-order valence-electron chi connectivity index (χ4n) is 2.89. The molecule has 0 aliphatic carbocycles. The first-order valence-corrected chi connectivity index (χ1v) is 9.27. The Balaban J connectivity index is 2.08. The number of aliphatic hydroxyl groups is 1. The molecule has 0 fully saturated rings. The zero-order chi connectivity index (χ0) is 22.0. The number of aromatic amines is 1. The molecule has 0 aliphatic rings. The van der Waals surface area contributed by atoms with E-state index in [2.05, 4.69) is 26.1 Å². The molecule has 1 heterocycles. The van der Waals surface area contributed by atoms with Gasteiger partial charge in [0.25, 0.3) is 6.43 Å². The van der Waals surface area contributed by atoms with Gasteiger partial charge in [-0.05, 0) is 40.2 Å². The molecule has 3 rings (SSSR count). The van der Waals surface area contributed by atoms with Gasteiger partial charge in [0.05, 0.1) is 28.6 Å². The Kier molecular flexibility index (Phi) is 6.28. The maximum atomic E-state index is 15.3. The van der Waals surface area contributed by atoms with E-state index in [1.807, 2.05) is 0 Å². The van der Waals surface area contributed by atoms with Crippen LogP contribution in [0.1, 0.15) is 34.9 Å². The average molecular weight is 483 g/mol. The number of alkyl halides is 2. The number of H-pyrrole nitrogens is 1. The maximum absolute atomic E-state index is 15.3. The third-order valence-electron chi connectivity index (χ3n) is 4.39. The molecule has 1 atom stereocenters. The number of hydrogen-bond donors (Lipinski definition) is 2. The van der Waals surface area contributed by atoms with E-state index in [9.17, 15) is 18.7 Å². The van der Waals surface area contributed by atoms with Gasteiger partial charge in [-0.25, -0.2) is 23.1 Å². The summed E-state index contributed by atoms with van der Waals surface area (Å²) in [5.74, 6) is -2.27. The summed E-state index contributed by atoms with van der Waals surface area (Å²) in [7, 11) is 1.41. The number of nitrogens with one attached hydrogen (secondary N) is 1. The van der Waals surface area contributed by atoms with Gasteiger partial charge in [-0.15, -0.1) is 0 Å². The van der Waals surface area contributed by atoms with Crippen LogP contribution in [0.15, 0.2) is 39.6 Å². The topological polar surface area (TPSA) is 104 Å². The molecule has 30 heavy (non-hydrogen) atoms. The number of benzene rings is 2. The molecule has 0 bridgehead atoms. The summed E-state index contributed by atoms with van der Waals surface area (Å²) < 4.78 is 48.3. The third-order valence-corrected chi connectivity index (χ3v) is 5.02. The molecule has 2 N–H and O–H groups in total. The average Bonchev–Trinajstić information content (AvgIpc) is 3.05. The van der Waals surface area contributed by atoms with Crippen LogP contribution in [0.25, 0.3) is 0 Å². The number of aliphatic hydroxyl groups excluding tert-OH is 1. The lowest BCUT2D eigenvalue weighted by atomic mass is 9.98. The number of nitrogens with zero attached hydrogens (tertiary/aromatic N) is 3. The van der Waals surface area contributed by atoms with Crippen LogP contribution >= 0.6 is 15.9 Å². The molecule has 0 saturated carbocycles. The summed E-state index contributed by atoms with van der Waals surface area (Å²) in [6.45, 7) is -0.560. The quantitative estimate of drug-likeness (QED) is 0.556. The summed E-state index contributed by atoms with van der Waals surface area (Å²) in [5, 5.41) is 24.9. The Morgan fingerprint density at radius 1 is 1.37 bits per heavy atom. The Labute approximate surface area is 176 Å². The number of hydrogen-bond acceptors (Lipinski definition) is 5. The predicted octanol–water partition coefficient (Wildman–Crippen LogP) is 3.74. The predicted molar refractivity (Wildman–Crippen MR) is 103 cm³/mol. The first kappa shape index (κ1) is 21.6. The van der Waals surface area contributed by atoms with Gasteiger partial charge in [0.1, 0.15) is 11.6 Å². The van der Waals surface area contributed by atoms with Crippen molar-refractivity contribution in [2.75, 3.05) is 6.61 Å². The van der Waals surface area contributed by atoms with Crippen LogP contribution in [0.5, 0.6) is 11.5 Å². The minimum atomic E-state index is -2.85. The standard InChI is InChI=1S/C19H14BrF3N4O3/c1-27-18(25-26-19(27)29)13(8-28)12-2-3-14(20)16(15(12)21)30-11-5-9(7-24)4-10(6-11)17(22)23/h2-6,13,17,28H,8H2,1H3,(H,26,29). The van der Waals surface area contributed by atoms with Crippen LogP contribution in [0.3, 0.4) is 0 Å². The van der Waals surface area contributed by atoms with Gasteiger partial charge < -0.3 is 9.84 Å². The zero-order valence-electron chi connectivity index (χ0n) is 15.4. The largest absolute Gasteiger partial charge is 0.453 e. The van der Waals surface area contributed by atoms with E-state index in [1.54, 1.807) is 6.07 Å². The van der Waals surface area contributed by atoms with Gasteiger partial charge in [-0.2, -0.15) is 10.4 Å². The molecule has 3 aromatic rings. The Hall–Kier alpha value is -3.10. The van der Waals surface area contributed by atoms with Gasteiger partial charge in [-0.3, -0.25) is 4.57 Å². The van der Waals surface area contributed by atoms with Crippen molar-refractivity contribution in [1.82, 2.24) is 14.8 Å². The highest BCUT2D eigenvalue weighted by atomic mass is 79.9. The van der Waals surface area contributed by atoms with E-state index in [1.165, 1.54) is 25.2 Å². The van der Waals surface area contributed by atoms with Crippen molar-refractivity contribution < 1.29 is 23.0 Å². The SMILES string of the molecule is Cn1c(C(CO)c2ccc(Br)c(Oc3cc(C#N)cc(C(F)F)c3)c2F)n[nH]c1=O. The number of halogens is 4. The van der Waals surface area contributed by atoms with Crippen LogP contribution in [-0.4, -0.2) is 26.5 Å². The molecule has 11 heteroatoms.